The molecule has 0 aromatic carbocycles. The molecule has 0 aromatic rings. The maximum Gasteiger partial charge on any atom is 0.0940 e. The summed E-state index contributed by atoms with van der Waals surface area (Å²) in [6.07, 6.45) is 3.63. The van der Waals surface area contributed by atoms with Gasteiger partial charge in [0.2, 0.25) is 0 Å². The minimum atomic E-state index is -0.580. The highest BCUT2D eigenvalue weighted by Gasteiger charge is 2.45. The Kier molecular flexibility index (Phi) is 3.15. The van der Waals surface area contributed by atoms with Crippen molar-refractivity contribution in [3.8, 4) is 0 Å². The molecule has 1 spiro atoms. The first-order valence-electron chi connectivity index (χ1n) is 6.78. The fourth-order valence-electron chi connectivity index (χ4n) is 3.22. The van der Waals surface area contributed by atoms with Gasteiger partial charge in [-0.25, -0.2) is 0 Å². The van der Waals surface area contributed by atoms with E-state index >= 15 is 0 Å². The first-order valence-corrected chi connectivity index (χ1v) is 6.78. The third-order valence-corrected chi connectivity index (χ3v) is 4.54. The molecule has 2 aliphatic heterocycles. The zero-order valence-corrected chi connectivity index (χ0v) is 10.2. The topological polar surface area (TPSA) is 58.9 Å². The van der Waals surface area contributed by atoms with Crippen molar-refractivity contribution >= 4 is 0 Å². The van der Waals surface area contributed by atoms with E-state index in [2.05, 4.69) is 0 Å². The Morgan fingerprint density at radius 3 is 2.41 bits per heavy atom. The lowest BCUT2D eigenvalue weighted by Crippen LogP contribution is -2.46. The van der Waals surface area contributed by atoms with Gasteiger partial charge in [0.15, 0.2) is 0 Å². The summed E-state index contributed by atoms with van der Waals surface area (Å²) in [4.78, 5) is 0. The van der Waals surface area contributed by atoms with Gasteiger partial charge in [-0.2, -0.15) is 0 Å². The molecule has 0 amide bonds. The van der Waals surface area contributed by atoms with E-state index in [4.69, 9.17) is 9.47 Å². The molecule has 3 aliphatic rings. The van der Waals surface area contributed by atoms with Crippen molar-refractivity contribution < 1.29 is 19.7 Å². The van der Waals surface area contributed by atoms with Gasteiger partial charge in [-0.3, -0.25) is 0 Å². The van der Waals surface area contributed by atoms with Gasteiger partial charge in [0, 0.05) is 19.6 Å². The summed E-state index contributed by atoms with van der Waals surface area (Å²) >= 11 is 0. The van der Waals surface area contributed by atoms with E-state index in [1.807, 2.05) is 0 Å². The number of ether oxygens (including phenoxy) is 2. The van der Waals surface area contributed by atoms with Crippen molar-refractivity contribution in [2.75, 3.05) is 19.8 Å². The van der Waals surface area contributed by atoms with Crippen LogP contribution in [0.3, 0.4) is 0 Å². The molecule has 3 fully saturated rings. The molecule has 3 rings (SSSR count). The SMILES string of the molecule is OC(C1CC1)C(O)C1CCOC2(CCOC2)C1. The molecule has 0 bridgehead atoms. The van der Waals surface area contributed by atoms with Crippen LogP contribution in [0.5, 0.6) is 0 Å². The van der Waals surface area contributed by atoms with Crippen LogP contribution in [-0.4, -0.2) is 47.8 Å². The highest BCUT2D eigenvalue weighted by Crippen LogP contribution is 2.41. The summed E-state index contributed by atoms with van der Waals surface area (Å²) < 4.78 is 11.3. The predicted molar refractivity (Wildman–Crippen MR) is 61.6 cm³/mol. The van der Waals surface area contributed by atoms with Crippen LogP contribution in [0.4, 0.5) is 0 Å². The van der Waals surface area contributed by atoms with Crippen molar-refractivity contribution in [1.82, 2.24) is 0 Å². The van der Waals surface area contributed by atoms with Gasteiger partial charge >= 0.3 is 0 Å². The number of aliphatic hydroxyl groups is 2. The van der Waals surface area contributed by atoms with Gasteiger partial charge in [-0.1, -0.05) is 0 Å². The summed E-state index contributed by atoms with van der Waals surface area (Å²) in [5, 5.41) is 20.3. The second-order valence-electron chi connectivity index (χ2n) is 5.91. The molecule has 4 atom stereocenters. The van der Waals surface area contributed by atoms with Gasteiger partial charge < -0.3 is 19.7 Å². The summed E-state index contributed by atoms with van der Waals surface area (Å²) in [6, 6.07) is 0. The quantitative estimate of drug-likeness (QED) is 0.765. The highest BCUT2D eigenvalue weighted by atomic mass is 16.6. The van der Waals surface area contributed by atoms with Gasteiger partial charge in [0.05, 0.1) is 24.4 Å². The average molecular weight is 242 g/mol. The minimum absolute atomic E-state index is 0.168. The third-order valence-electron chi connectivity index (χ3n) is 4.54. The van der Waals surface area contributed by atoms with Crippen LogP contribution in [0.15, 0.2) is 0 Å². The van der Waals surface area contributed by atoms with Crippen LogP contribution in [0.2, 0.25) is 0 Å². The van der Waals surface area contributed by atoms with Crippen LogP contribution in [0.1, 0.15) is 32.1 Å². The Bertz CT molecular complexity index is 271. The second kappa shape index (κ2) is 4.50. The number of hydrogen-bond donors (Lipinski definition) is 2. The molecule has 2 saturated heterocycles. The fraction of sp³-hybridized carbons (Fsp3) is 1.00. The molecule has 4 nitrogen and oxygen atoms in total. The molecule has 98 valence electrons. The van der Waals surface area contributed by atoms with Gasteiger partial charge in [0.25, 0.3) is 0 Å². The van der Waals surface area contributed by atoms with Crippen LogP contribution in [0.25, 0.3) is 0 Å². The van der Waals surface area contributed by atoms with Gasteiger partial charge in [-0.05, 0) is 37.5 Å². The van der Waals surface area contributed by atoms with Crippen molar-refractivity contribution in [2.45, 2.75) is 49.9 Å². The Morgan fingerprint density at radius 1 is 1.00 bits per heavy atom. The summed E-state index contributed by atoms with van der Waals surface area (Å²) in [5.74, 6) is 0.504. The number of rotatable bonds is 3. The van der Waals surface area contributed by atoms with Gasteiger partial charge in [-0.15, -0.1) is 0 Å². The molecule has 1 aliphatic carbocycles. The monoisotopic (exact) mass is 242 g/mol. The number of hydrogen-bond acceptors (Lipinski definition) is 4. The first-order chi connectivity index (χ1) is 8.20. The van der Waals surface area contributed by atoms with Crippen molar-refractivity contribution in [3.05, 3.63) is 0 Å². The second-order valence-corrected chi connectivity index (χ2v) is 5.91. The Labute approximate surface area is 102 Å². The predicted octanol–water partition coefficient (Wildman–Crippen LogP) is 0.704. The summed E-state index contributed by atoms with van der Waals surface area (Å²) in [7, 11) is 0. The van der Waals surface area contributed by atoms with Crippen LogP contribution in [-0.2, 0) is 9.47 Å². The Hall–Kier alpha value is -0.160. The maximum atomic E-state index is 10.3. The van der Waals surface area contributed by atoms with Crippen LogP contribution < -0.4 is 0 Å². The molecule has 0 aromatic heterocycles. The largest absolute Gasteiger partial charge is 0.390 e. The number of aliphatic hydroxyl groups excluding tert-OH is 2. The molecule has 4 heteroatoms. The smallest absolute Gasteiger partial charge is 0.0940 e. The lowest BCUT2D eigenvalue weighted by atomic mass is 9.80. The Morgan fingerprint density at radius 2 is 1.76 bits per heavy atom. The normalized spacial score (nSPS) is 41.6. The average Bonchev–Trinajstić information content (AvgIpc) is 3.11. The molecule has 0 radical (unpaired) electrons. The Balaban J connectivity index is 1.62. The zero-order chi connectivity index (χ0) is 11.9. The molecule has 2 heterocycles. The maximum absolute atomic E-state index is 10.3. The van der Waals surface area contributed by atoms with Crippen molar-refractivity contribution in [1.29, 1.82) is 0 Å². The molecule has 4 unspecified atom stereocenters. The highest BCUT2D eigenvalue weighted by molar-refractivity contribution is 4.95. The van der Waals surface area contributed by atoms with Crippen LogP contribution in [0, 0.1) is 11.8 Å². The van der Waals surface area contributed by atoms with Crippen molar-refractivity contribution in [3.63, 3.8) is 0 Å². The standard InChI is InChI=1S/C13H22O4/c14-11(9-1-2-9)12(15)10-3-5-17-13(7-10)4-6-16-8-13/h9-12,14-15H,1-8H2. The summed E-state index contributed by atoms with van der Waals surface area (Å²) in [6.45, 7) is 2.09. The van der Waals surface area contributed by atoms with E-state index in [-0.39, 0.29) is 11.5 Å². The van der Waals surface area contributed by atoms with Gasteiger partial charge in [0.1, 0.15) is 0 Å². The van der Waals surface area contributed by atoms with Crippen molar-refractivity contribution in [2.24, 2.45) is 11.8 Å². The van der Waals surface area contributed by atoms with E-state index in [1.54, 1.807) is 0 Å². The lowest BCUT2D eigenvalue weighted by Gasteiger charge is -2.40. The molecule has 1 saturated carbocycles. The van der Waals surface area contributed by atoms with Crippen LogP contribution >= 0.6 is 0 Å². The summed E-state index contributed by atoms with van der Waals surface area (Å²) in [5.41, 5.74) is -0.173. The fourth-order valence-corrected chi connectivity index (χ4v) is 3.22. The first kappa shape index (κ1) is 11.9. The van der Waals surface area contributed by atoms with E-state index in [0.29, 0.717) is 19.1 Å². The third kappa shape index (κ3) is 2.36. The van der Waals surface area contributed by atoms with E-state index in [9.17, 15) is 10.2 Å². The molecule has 17 heavy (non-hydrogen) atoms. The molecule has 2 N–H and O–H groups in total. The molecular weight excluding hydrogens is 220 g/mol. The molecular formula is C13H22O4. The lowest BCUT2D eigenvalue weighted by molar-refractivity contribution is -0.133. The van der Waals surface area contributed by atoms with E-state index < -0.39 is 12.2 Å². The van der Waals surface area contributed by atoms with E-state index in [0.717, 1.165) is 38.7 Å². The van der Waals surface area contributed by atoms with E-state index in [1.165, 1.54) is 0 Å². The minimum Gasteiger partial charge on any atom is -0.390 e. The zero-order valence-electron chi connectivity index (χ0n) is 10.2.